The number of imidazole rings is 1. The topological polar surface area (TPSA) is 55.4 Å². The van der Waals surface area contributed by atoms with Gasteiger partial charge in [-0.1, -0.05) is 6.07 Å². The minimum atomic E-state index is -0.00458. The standard InChI is InChI=1S/C16H17N5O/c1-19-10-12(9-17-19)14-5-4-8-21(14)16(22)13-11-20-7-3-2-6-15(20)18-13/h2-3,6-7,9-11,14H,4-5,8H2,1H3. The minimum Gasteiger partial charge on any atom is -0.330 e. The largest absolute Gasteiger partial charge is 0.330 e. The molecule has 6 nitrogen and oxygen atoms in total. The summed E-state index contributed by atoms with van der Waals surface area (Å²) in [4.78, 5) is 19.2. The third-order valence-electron chi connectivity index (χ3n) is 4.21. The highest BCUT2D eigenvalue weighted by atomic mass is 16.2. The number of pyridine rings is 1. The van der Waals surface area contributed by atoms with E-state index in [0.717, 1.165) is 30.6 Å². The smallest absolute Gasteiger partial charge is 0.274 e. The van der Waals surface area contributed by atoms with E-state index in [1.165, 1.54) is 0 Å². The Hall–Kier alpha value is -2.63. The van der Waals surface area contributed by atoms with Gasteiger partial charge in [0.1, 0.15) is 11.3 Å². The van der Waals surface area contributed by atoms with E-state index in [9.17, 15) is 4.79 Å². The molecule has 0 aliphatic carbocycles. The lowest BCUT2D eigenvalue weighted by molar-refractivity contribution is 0.0730. The molecular weight excluding hydrogens is 278 g/mol. The van der Waals surface area contributed by atoms with Crippen molar-refractivity contribution >= 4 is 11.6 Å². The number of aromatic nitrogens is 4. The van der Waals surface area contributed by atoms with Crippen LogP contribution in [-0.2, 0) is 7.05 Å². The molecule has 1 aliphatic rings. The van der Waals surface area contributed by atoms with Crippen molar-refractivity contribution in [2.24, 2.45) is 7.05 Å². The molecule has 1 unspecified atom stereocenters. The lowest BCUT2D eigenvalue weighted by Crippen LogP contribution is -2.30. The van der Waals surface area contributed by atoms with Gasteiger partial charge < -0.3 is 9.30 Å². The maximum absolute atomic E-state index is 12.8. The molecule has 0 spiro atoms. The Morgan fingerprint density at radius 1 is 1.32 bits per heavy atom. The summed E-state index contributed by atoms with van der Waals surface area (Å²) in [5, 5.41) is 4.22. The van der Waals surface area contributed by atoms with E-state index in [0.29, 0.717) is 5.69 Å². The van der Waals surface area contributed by atoms with Gasteiger partial charge >= 0.3 is 0 Å². The average Bonchev–Trinajstić information content (AvgIpc) is 3.24. The highest BCUT2D eigenvalue weighted by Gasteiger charge is 2.32. The van der Waals surface area contributed by atoms with Crippen LogP contribution in [0.2, 0.25) is 0 Å². The number of rotatable bonds is 2. The van der Waals surface area contributed by atoms with Crippen molar-refractivity contribution in [3.63, 3.8) is 0 Å². The van der Waals surface area contributed by atoms with Crippen molar-refractivity contribution in [3.05, 3.63) is 54.2 Å². The van der Waals surface area contributed by atoms with Crippen LogP contribution in [0.4, 0.5) is 0 Å². The molecule has 3 aromatic rings. The number of carbonyl (C=O) groups excluding carboxylic acids is 1. The van der Waals surface area contributed by atoms with Crippen LogP contribution in [-0.4, -0.2) is 36.5 Å². The lowest BCUT2D eigenvalue weighted by Gasteiger charge is -2.22. The maximum Gasteiger partial charge on any atom is 0.274 e. The van der Waals surface area contributed by atoms with E-state index in [-0.39, 0.29) is 11.9 Å². The van der Waals surface area contributed by atoms with Gasteiger partial charge in [0.25, 0.3) is 5.91 Å². The Labute approximate surface area is 128 Å². The van der Waals surface area contributed by atoms with Crippen LogP contribution >= 0.6 is 0 Å². The Morgan fingerprint density at radius 2 is 2.23 bits per heavy atom. The normalized spacial score (nSPS) is 18.2. The van der Waals surface area contributed by atoms with Crippen molar-refractivity contribution < 1.29 is 4.79 Å². The van der Waals surface area contributed by atoms with E-state index < -0.39 is 0 Å². The fourth-order valence-corrected chi connectivity index (χ4v) is 3.15. The molecule has 1 aliphatic heterocycles. The molecule has 0 N–H and O–H groups in total. The minimum absolute atomic E-state index is 0.00458. The Balaban J connectivity index is 1.66. The van der Waals surface area contributed by atoms with E-state index >= 15 is 0 Å². The number of likely N-dealkylation sites (tertiary alicyclic amines) is 1. The summed E-state index contributed by atoms with van der Waals surface area (Å²) in [6.07, 6.45) is 9.53. The van der Waals surface area contributed by atoms with E-state index in [2.05, 4.69) is 10.1 Å². The van der Waals surface area contributed by atoms with E-state index in [1.807, 2.05) is 53.1 Å². The SMILES string of the molecule is Cn1cc(C2CCCN2C(=O)c2cn3ccccc3n2)cn1. The van der Waals surface area contributed by atoms with Crippen molar-refractivity contribution in [3.8, 4) is 0 Å². The van der Waals surface area contributed by atoms with Gasteiger partial charge in [-0.25, -0.2) is 4.98 Å². The zero-order valence-electron chi connectivity index (χ0n) is 12.4. The molecule has 0 saturated carbocycles. The fraction of sp³-hybridized carbons (Fsp3) is 0.312. The quantitative estimate of drug-likeness (QED) is 0.727. The first-order valence-corrected chi connectivity index (χ1v) is 7.45. The maximum atomic E-state index is 12.8. The van der Waals surface area contributed by atoms with E-state index in [1.54, 1.807) is 10.9 Å². The summed E-state index contributed by atoms with van der Waals surface area (Å²) in [5.41, 5.74) is 2.39. The summed E-state index contributed by atoms with van der Waals surface area (Å²) in [6.45, 7) is 0.770. The Morgan fingerprint density at radius 3 is 3.00 bits per heavy atom. The molecule has 1 atom stereocenters. The van der Waals surface area contributed by atoms with Gasteiger partial charge in [0, 0.05) is 37.7 Å². The molecule has 0 radical (unpaired) electrons. The number of hydrogen-bond donors (Lipinski definition) is 0. The lowest BCUT2D eigenvalue weighted by atomic mass is 10.1. The highest BCUT2D eigenvalue weighted by molar-refractivity contribution is 5.93. The molecule has 4 rings (SSSR count). The number of aryl methyl sites for hydroxylation is 1. The molecular formula is C16H17N5O. The third kappa shape index (κ3) is 2.07. The molecule has 3 aromatic heterocycles. The highest BCUT2D eigenvalue weighted by Crippen LogP contribution is 2.32. The van der Waals surface area contributed by atoms with Gasteiger partial charge in [0.05, 0.1) is 12.2 Å². The van der Waals surface area contributed by atoms with Gasteiger partial charge in [0.15, 0.2) is 0 Å². The zero-order chi connectivity index (χ0) is 15.1. The Bertz CT molecular complexity index is 801. The predicted molar refractivity (Wildman–Crippen MR) is 81.4 cm³/mol. The molecule has 22 heavy (non-hydrogen) atoms. The number of carbonyl (C=O) groups is 1. The van der Waals surface area contributed by atoms with Crippen molar-refractivity contribution in [1.29, 1.82) is 0 Å². The second-order valence-corrected chi connectivity index (χ2v) is 5.70. The van der Waals surface area contributed by atoms with Crippen LogP contribution in [0.3, 0.4) is 0 Å². The Kier molecular flexibility index (Phi) is 2.96. The summed E-state index contributed by atoms with van der Waals surface area (Å²) in [7, 11) is 1.90. The first-order chi connectivity index (χ1) is 10.7. The van der Waals surface area contributed by atoms with Crippen LogP contribution < -0.4 is 0 Å². The molecule has 112 valence electrons. The number of nitrogens with zero attached hydrogens (tertiary/aromatic N) is 5. The zero-order valence-corrected chi connectivity index (χ0v) is 12.4. The van der Waals surface area contributed by atoms with Crippen molar-refractivity contribution in [1.82, 2.24) is 24.1 Å². The number of fused-ring (bicyclic) bond motifs is 1. The second kappa shape index (κ2) is 4.98. The van der Waals surface area contributed by atoms with Crippen LogP contribution in [0.5, 0.6) is 0 Å². The van der Waals surface area contributed by atoms with Crippen LogP contribution in [0.1, 0.15) is 34.9 Å². The average molecular weight is 295 g/mol. The third-order valence-corrected chi connectivity index (χ3v) is 4.21. The molecule has 1 saturated heterocycles. The number of hydrogen-bond acceptors (Lipinski definition) is 3. The number of amides is 1. The molecule has 1 amide bonds. The van der Waals surface area contributed by atoms with Gasteiger partial charge in [-0.3, -0.25) is 9.48 Å². The second-order valence-electron chi connectivity index (χ2n) is 5.70. The molecule has 4 heterocycles. The molecule has 0 bridgehead atoms. The molecule has 6 heteroatoms. The summed E-state index contributed by atoms with van der Waals surface area (Å²) < 4.78 is 3.66. The van der Waals surface area contributed by atoms with Gasteiger partial charge in [-0.2, -0.15) is 5.10 Å². The van der Waals surface area contributed by atoms with Crippen molar-refractivity contribution in [2.75, 3.05) is 6.54 Å². The van der Waals surface area contributed by atoms with Gasteiger partial charge in [-0.05, 0) is 25.0 Å². The molecule has 1 fully saturated rings. The summed E-state index contributed by atoms with van der Waals surface area (Å²) >= 11 is 0. The van der Waals surface area contributed by atoms with Crippen molar-refractivity contribution in [2.45, 2.75) is 18.9 Å². The van der Waals surface area contributed by atoms with Crippen LogP contribution in [0.15, 0.2) is 43.0 Å². The molecule has 0 aromatic carbocycles. The first kappa shape index (κ1) is 13.1. The van der Waals surface area contributed by atoms with E-state index in [4.69, 9.17) is 0 Å². The first-order valence-electron chi connectivity index (χ1n) is 7.45. The monoisotopic (exact) mass is 295 g/mol. The van der Waals surface area contributed by atoms with Gasteiger partial charge in [0.2, 0.25) is 0 Å². The summed E-state index contributed by atoms with van der Waals surface area (Å²) in [6, 6.07) is 5.85. The summed E-state index contributed by atoms with van der Waals surface area (Å²) in [5.74, 6) is -0.00458. The van der Waals surface area contributed by atoms with Gasteiger partial charge in [-0.15, -0.1) is 0 Å². The fourth-order valence-electron chi connectivity index (χ4n) is 3.15. The predicted octanol–water partition coefficient (Wildman–Crippen LogP) is 2.05. The van der Waals surface area contributed by atoms with Crippen LogP contribution in [0, 0.1) is 0 Å². The van der Waals surface area contributed by atoms with Crippen LogP contribution in [0.25, 0.3) is 5.65 Å².